The van der Waals surface area contributed by atoms with Gasteiger partial charge in [-0.15, -0.1) is 11.3 Å². The zero-order chi connectivity index (χ0) is 18.6. The minimum Gasteiger partial charge on any atom is -0.396 e. The molecule has 0 radical (unpaired) electrons. The fourth-order valence-electron chi connectivity index (χ4n) is 4.04. The van der Waals surface area contributed by atoms with E-state index in [4.69, 9.17) is 9.84 Å². The van der Waals surface area contributed by atoms with Gasteiger partial charge in [0.1, 0.15) is 5.60 Å². The van der Waals surface area contributed by atoms with E-state index in [1.54, 1.807) is 11.3 Å². The van der Waals surface area contributed by atoms with Gasteiger partial charge in [0.2, 0.25) is 0 Å². The second kappa shape index (κ2) is 8.83. The Kier molecular flexibility index (Phi) is 6.72. The van der Waals surface area contributed by atoms with Crippen LogP contribution < -0.4 is 5.32 Å². The van der Waals surface area contributed by atoms with E-state index >= 15 is 0 Å². The molecule has 1 saturated heterocycles. The lowest BCUT2D eigenvalue weighted by Crippen LogP contribution is -2.46. The normalized spacial score (nSPS) is 19.7. The molecular weight excluding hydrogens is 348 g/mol. The first-order chi connectivity index (χ1) is 12.5. The number of ether oxygens (including phenoxy) is 1. The van der Waals surface area contributed by atoms with Crippen LogP contribution in [-0.2, 0) is 16.8 Å². The first-order valence-corrected chi connectivity index (χ1v) is 10.7. The summed E-state index contributed by atoms with van der Waals surface area (Å²) in [5.74, 6) is 0.699. The molecule has 0 saturated carbocycles. The van der Waals surface area contributed by atoms with Gasteiger partial charge in [0.25, 0.3) is 5.91 Å². The Morgan fingerprint density at radius 3 is 2.85 bits per heavy atom. The number of unbranched alkanes of at least 4 members (excludes halogenated alkanes) is 1. The van der Waals surface area contributed by atoms with Crippen molar-refractivity contribution in [1.29, 1.82) is 0 Å². The molecule has 0 bridgehead atoms. The number of aliphatic hydroxyl groups is 1. The Balaban J connectivity index is 1.67. The Hall–Kier alpha value is -0.950. The first-order valence-electron chi connectivity index (χ1n) is 9.92. The number of likely N-dealkylation sites (tertiary alicyclic amines) is 1. The molecule has 3 rings (SSSR count). The summed E-state index contributed by atoms with van der Waals surface area (Å²) in [4.78, 5) is 17.1. The van der Waals surface area contributed by atoms with Crippen molar-refractivity contribution in [2.75, 3.05) is 39.4 Å². The predicted molar refractivity (Wildman–Crippen MR) is 105 cm³/mol. The number of aliphatic hydroxyl groups excluding tert-OH is 1. The molecule has 6 heteroatoms. The van der Waals surface area contributed by atoms with E-state index in [9.17, 15) is 4.79 Å². The molecular formula is C20H32N2O3S. The molecule has 1 amide bonds. The van der Waals surface area contributed by atoms with Crippen LogP contribution in [0.5, 0.6) is 0 Å². The summed E-state index contributed by atoms with van der Waals surface area (Å²) in [5.41, 5.74) is 1.13. The summed E-state index contributed by atoms with van der Waals surface area (Å²) >= 11 is 1.62. The number of amides is 1. The molecule has 2 N–H and O–H groups in total. The summed E-state index contributed by atoms with van der Waals surface area (Å²) in [6, 6.07) is 2.08. The highest BCUT2D eigenvalue weighted by Crippen LogP contribution is 2.45. The van der Waals surface area contributed by atoms with E-state index in [1.807, 2.05) is 0 Å². The van der Waals surface area contributed by atoms with E-state index in [0.717, 1.165) is 63.2 Å². The van der Waals surface area contributed by atoms with E-state index in [2.05, 4.69) is 30.1 Å². The molecule has 146 valence electrons. The number of piperidine rings is 1. The molecule has 3 heterocycles. The van der Waals surface area contributed by atoms with Crippen LogP contribution in [0.25, 0.3) is 0 Å². The standard InChI is InChI=1S/C20H32N2O3S/c1-15(2)14-22-9-6-20(7-10-22)18-16(5-12-25-20)13-17(26-18)19(24)21-8-3-4-11-23/h13,15,23H,3-12,14H2,1-2H3,(H,21,24). The number of rotatable bonds is 7. The van der Waals surface area contributed by atoms with Crippen molar-refractivity contribution in [1.82, 2.24) is 10.2 Å². The number of carbonyl (C=O) groups excluding carboxylic acids is 1. The van der Waals surface area contributed by atoms with Gasteiger partial charge in [-0.25, -0.2) is 0 Å². The average molecular weight is 381 g/mol. The molecule has 0 atom stereocenters. The van der Waals surface area contributed by atoms with E-state index in [0.29, 0.717) is 12.5 Å². The molecule has 1 aromatic heterocycles. The quantitative estimate of drug-likeness (QED) is 0.714. The Morgan fingerprint density at radius 1 is 1.38 bits per heavy atom. The lowest BCUT2D eigenvalue weighted by Gasteiger charge is -2.44. The number of nitrogens with zero attached hydrogens (tertiary/aromatic N) is 1. The summed E-state index contributed by atoms with van der Waals surface area (Å²) in [6.45, 7) is 9.37. The van der Waals surface area contributed by atoms with Crippen LogP contribution in [0.15, 0.2) is 6.07 Å². The largest absolute Gasteiger partial charge is 0.396 e. The van der Waals surface area contributed by atoms with Gasteiger partial charge in [0, 0.05) is 37.7 Å². The van der Waals surface area contributed by atoms with E-state index in [-0.39, 0.29) is 18.1 Å². The lowest BCUT2D eigenvalue weighted by atomic mass is 9.85. The average Bonchev–Trinajstić information content (AvgIpc) is 3.06. The minimum atomic E-state index is -0.179. The maximum absolute atomic E-state index is 12.5. The van der Waals surface area contributed by atoms with Gasteiger partial charge in [-0.2, -0.15) is 0 Å². The van der Waals surface area contributed by atoms with Crippen LogP contribution in [0, 0.1) is 5.92 Å². The smallest absolute Gasteiger partial charge is 0.261 e. The SMILES string of the molecule is CC(C)CN1CCC2(CC1)OCCc1cc(C(=O)NCCCCO)sc12. The first kappa shape index (κ1) is 19.8. The number of fused-ring (bicyclic) bond motifs is 2. The minimum absolute atomic E-state index is 0.00901. The molecule has 0 unspecified atom stereocenters. The molecule has 0 aromatic carbocycles. The van der Waals surface area contributed by atoms with Crippen LogP contribution in [0.4, 0.5) is 0 Å². The number of nitrogens with one attached hydrogen (secondary N) is 1. The third kappa shape index (κ3) is 4.47. The highest BCUT2D eigenvalue weighted by molar-refractivity contribution is 7.14. The Labute approximate surface area is 160 Å². The topological polar surface area (TPSA) is 61.8 Å². The van der Waals surface area contributed by atoms with Crippen LogP contribution in [-0.4, -0.2) is 55.3 Å². The highest BCUT2D eigenvalue weighted by atomic mass is 32.1. The summed E-state index contributed by atoms with van der Waals surface area (Å²) in [6.07, 6.45) is 4.48. The van der Waals surface area contributed by atoms with Crippen molar-refractivity contribution >= 4 is 17.2 Å². The second-order valence-electron chi connectivity index (χ2n) is 7.94. The number of carbonyl (C=O) groups is 1. The summed E-state index contributed by atoms with van der Waals surface area (Å²) in [7, 11) is 0. The molecule has 2 aliphatic rings. The fourth-order valence-corrected chi connectivity index (χ4v) is 5.37. The Bertz CT molecular complexity index is 606. The highest BCUT2D eigenvalue weighted by Gasteiger charge is 2.42. The van der Waals surface area contributed by atoms with Gasteiger partial charge in [-0.3, -0.25) is 4.79 Å². The Morgan fingerprint density at radius 2 is 2.15 bits per heavy atom. The van der Waals surface area contributed by atoms with Crippen LogP contribution >= 0.6 is 11.3 Å². The van der Waals surface area contributed by atoms with Crippen molar-refractivity contribution < 1.29 is 14.6 Å². The zero-order valence-electron chi connectivity index (χ0n) is 16.1. The van der Waals surface area contributed by atoms with Crippen molar-refractivity contribution in [2.45, 2.75) is 51.6 Å². The number of hydrogen-bond donors (Lipinski definition) is 2. The molecule has 5 nitrogen and oxygen atoms in total. The molecule has 1 fully saturated rings. The fraction of sp³-hybridized carbons (Fsp3) is 0.750. The van der Waals surface area contributed by atoms with Gasteiger partial charge in [-0.1, -0.05) is 13.8 Å². The van der Waals surface area contributed by atoms with Crippen LogP contribution in [0.2, 0.25) is 0 Å². The number of hydrogen-bond acceptors (Lipinski definition) is 5. The second-order valence-corrected chi connectivity index (χ2v) is 8.99. The zero-order valence-corrected chi connectivity index (χ0v) is 16.9. The molecule has 26 heavy (non-hydrogen) atoms. The van der Waals surface area contributed by atoms with Gasteiger partial charge < -0.3 is 20.1 Å². The van der Waals surface area contributed by atoms with Gasteiger partial charge >= 0.3 is 0 Å². The third-order valence-electron chi connectivity index (χ3n) is 5.35. The van der Waals surface area contributed by atoms with E-state index in [1.165, 1.54) is 10.4 Å². The maximum atomic E-state index is 12.5. The molecule has 1 spiro atoms. The van der Waals surface area contributed by atoms with Crippen molar-refractivity contribution in [3.8, 4) is 0 Å². The molecule has 2 aliphatic heterocycles. The van der Waals surface area contributed by atoms with Crippen molar-refractivity contribution in [2.24, 2.45) is 5.92 Å². The lowest BCUT2D eigenvalue weighted by molar-refractivity contribution is -0.0959. The van der Waals surface area contributed by atoms with Gasteiger partial charge in [0.05, 0.1) is 11.5 Å². The van der Waals surface area contributed by atoms with Crippen molar-refractivity contribution in [3.05, 3.63) is 21.4 Å². The summed E-state index contributed by atoms with van der Waals surface area (Å²) in [5, 5.41) is 11.8. The predicted octanol–water partition coefficient (Wildman–Crippen LogP) is 2.77. The number of thiophene rings is 1. The maximum Gasteiger partial charge on any atom is 0.261 e. The van der Waals surface area contributed by atoms with Gasteiger partial charge in [0.15, 0.2) is 0 Å². The van der Waals surface area contributed by atoms with E-state index < -0.39 is 0 Å². The third-order valence-corrected chi connectivity index (χ3v) is 6.72. The van der Waals surface area contributed by atoms with Crippen molar-refractivity contribution in [3.63, 3.8) is 0 Å². The summed E-state index contributed by atoms with van der Waals surface area (Å²) < 4.78 is 6.32. The van der Waals surface area contributed by atoms with Crippen LogP contribution in [0.3, 0.4) is 0 Å². The monoisotopic (exact) mass is 380 g/mol. The molecule has 1 aromatic rings. The molecule has 0 aliphatic carbocycles. The van der Waals surface area contributed by atoms with Gasteiger partial charge in [-0.05, 0) is 49.7 Å². The van der Waals surface area contributed by atoms with Crippen LogP contribution in [0.1, 0.15) is 59.6 Å².